The number of nitrogens with zero attached hydrogens (tertiary/aromatic N) is 2. The quantitative estimate of drug-likeness (QED) is 0.221. The Morgan fingerprint density at radius 2 is 1.17 bits per heavy atom. The van der Waals surface area contributed by atoms with Crippen molar-refractivity contribution in [2.45, 2.75) is 19.3 Å². The average Bonchev–Trinajstić information content (AvgIpc) is 3.48. The van der Waals surface area contributed by atoms with Crippen LogP contribution in [0.2, 0.25) is 0 Å². The van der Waals surface area contributed by atoms with Gasteiger partial charge in [0.1, 0.15) is 0 Å². The number of hydrogen-bond acceptors (Lipinski definition) is 1. The molecule has 1 aromatic heterocycles. The van der Waals surface area contributed by atoms with E-state index in [4.69, 9.17) is 0 Å². The molecule has 2 nitrogen and oxygen atoms in total. The van der Waals surface area contributed by atoms with E-state index in [0.717, 1.165) is 11.4 Å². The van der Waals surface area contributed by atoms with Crippen LogP contribution in [0.5, 0.6) is 0 Å². The van der Waals surface area contributed by atoms with E-state index >= 15 is 0 Å². The van der Waals surface area contributed by atoms with Crippen molar-refractivity contribution >= 4 is 38.9 Å². The first-order valence-electron chi connectivity index (χ1n) is 14.3. The number of fused-ring (bicyclic) bond motifs is 6. The first-order chi connectivity index (χ1) is 20.1. The van der Waals surface area contributed by atoms with Crippen LogP contribution in [0.1, 0.15) is 25.0 Å². The second-order valence-corrected chi connectivity index (χ2v) is 11.4. The lowest BCUT2D eigenvalue weighted by Crippen LogP contribution is -2.15. The maximum atomic E-state index is 2.43. The van der Waals surface area contributed by atoms with E-state index in [2.05, 4.69) is 169 Å². The lowest BCUT2D eigenvalue weighted by atomic mass is 9.82. The van der Waals surface area contributed by atoms with Gasteiger partial charge in [0, 0.05) is 33.2 Å². The van der Waals surface area contributed by atoms with Crippen molar-refractivity contribution in [3.8, 4) is 16.8 Å². The van der Waals surface area contributed by atoms with E-state index in [0.29, 0.717) is 0 Å². The van der Waals surface area contributed by atoms with Crippen molar-refractivity contribution in [1.82, 2.24) is 4.57 Å². The average molecular weight is 527 g/mol. The molecule has 0 fully saturated rings. The minimum absolute atomic E-state index is 0.0227. The van der Waals surface area contributed by atoms with Gasteiger partial charge in [-0.3, -0.25) is 0 Å². The second-order valence-electron chi connectivity index (χ2n) is 11.4. The third-order valence-corrected chi connectivity index (χ3v) is 8.77. The smallest absolute Gasteiger partial charge is 0.0562 e. The summed E-state index contributed by atoms with van der Waals surface area (Å²) in [4.78, 5) is 2.43. The Balaban J connectivity index is 1.43. The summed E-state index contributed by atoms with van der Waals surface area (Å²) in [5.74, 6) is 0. The molecular formula is C39H30N2. The summed E-state index contributed by atoms with van der Waals surface area (Å²) >= 11 is 0. The maximum Gasteiger partial charge on any atom is 0.0562 e. The number of hydrogen-bond donors (Lipinski definition) is 0. The van der Waals surface area contributed by atoms with Crippen LogP contribution in [0.25, 0.3) is 38.6 Å². The van der Waals surface area contributed by atoms with Gasteiger partial charge in [-0.05, 0) is 76.9 Å². The van der Waals surface area contributed by atoms with Gasteiger partial charge in [0.05, 0.1) is 16.7 Å². The van der Waals surface area contributed by atoms with Gasteiger partial charge in [0.2, 0.25) is 0 Å². The molecule has 2 heteroatoms. The fourth-order valence-electron chi connectivity index (χ4n) is 6.89. The largest absolute Gasteiger partial charge is 0.310 e. The van der Waals surface area contributed by atoms with Gasteiger partial charge < -0.3 is 9.47 Å². The van der Waals surface area contributed by atoms with E-state index in [1.165, 1.54) is 55.4 Å². The number of rotatable bonds is 4. The Morgan fingerprint density at radius 1 is 0.512 bits per heavy atom. The highest BCUT2D eigenvalue weighted by atomic mass is 15.1. The van der Waals surface area contributed by atoms with Crippen LogP contribution in [-0.2, 0) is 5.41 Å². The summed E-state index contributed by atoms with van der Waals surface area (Å²) in [6.45, 7) is 4.68. The van der Waals surface area contributed by atoms with Crippen LogP contribution < -0.4 is 4.90 Å². The van der Waals surface area contributed by atoms with Crippen LogP contribution >= 0.6 is 0 Å². The molecule has 0 unspecified atom stereocenters. The molecule has 0 radical (unpaired) electrons. The van der Waals surface area contributed by atoms with E-state index in [-0.39, 0.29) is 5.41 Å². The Morgan fingerprint density at radius 3 is 2.00 bits per heavy atom. The Hall–Kier alpha value is -5.08. The van der Waals surface area contributed by atoms with Gasteiger partial charge >= 0.3 is 0 Å². The minimum Gasteiger partial charge on any atom is -0.310 e. The summed E-state index contributed by atoms with van der Waals surface area (Å²) in [5, 5.41) is 2.49. The van der Waals surface area contributed by atoms with Crippen molar-refractivity contribution in [2.75, 3.05) is 4.90 Å². The predicted octanol–water partition coefficient (Wildman–Crippen LogP) is 10.6. The molecule has 8 rings (SSSR count). The monoisotopic (exact) mass is 526 g/mol. The zero-order valence-corrected chi connectivity index (χ0v) is 23.3. The van der Waals surface area contributed by atoms with Gasteiger partial charge in [-0.25, -0.2) is 0 Å². The Labute approximate surface area is 240 Å². The first kappa shape index (κ1) is 23.8. The molecule has 196 valence electrons. The fourth-order valence-corrected chi connectivity index (χ4v) is 6.89. The molecule has 0 bridgehead atoms. The highest BCUT2D eigenvalue weighted by Crippen LogP contribution is 2.51. The zero-order valence-electron chi connectivity index (χ0n) is 23.3. The molecular weight excluding hydrogens is 496 g/mol. The molecule has 0 spiro atoms. The van der Waals surface area contributed by atoms with Crippen molar-refractivity contribution < 1.29 is 0 Å². The molecule has 7 aromatic rings. The topological polar surface area (TPSA) is 8.17 Å². The summed E-state index contributed by atoms with van der Waals surface area (Å²) < 4.78 is 2.39. The third kappa shape index (κ3) is 3.50. The maximum absolute atomic E-state index is 2.43. The lowest BCUT2D eigenvalue weighted by molar-refractivity contribution is 0.660. The fraction of sp³-hybridized carbons (Fsp3) is 0.0769. The molecule has 1 aliphatic carbocycles. The molecule has 1 heterocycles. The summed E-state index contributed by atoms with van der Waals surface area (Å²) in [5.41, 5.74) is 12.5. The Bertz CT molecular complexity index is 2070. The second kappa shape index (κ2) is 8.97. The van der Waals surface area contributed by atoms with Gasteiger partial charge in [0.15, 0.2) is 0 Å². The summed E-state index contributed by atoms with van der Waals surface area (Å²) in [6, 6.07) is 52.8. The predicted molar refractivity (Wildman–Crippen MR) is 173 cm³/mol. The molecule has 0 atom stereocenters. The van der Waals surface area contributed by atoms with Crippen molar-refractivity contribution in [3.63, 3.8) is 0 Å². The van der Waals surface area contributed by atoms with Crippen LogP contribution in [-0.4, -0.2) is 4.57 Å². The molecule has 1 aliphatic rings. The number of aromatic nitrogens is 1. The van der Waals surface area contributed by atoms with Gasteiger partial charge in [0.25, 0.3) is 0 Å². The minimum atomic E-state index is -0.0227. The van der Waals surface area contributed by atoms with Crippen molar-refractivity contribution in [2.24, 2.45) is 0 Å². The van der Waals surface area contributed by atoms with E-state index in [1.54, 1.807) is 0 Å². The normalized spacial score (nSPS) is 13.3. The molecule has 41 heavy (non-hydrogen) atoms. The Kier molecular flexibility index (Phi) is 5.20. The molecule has 0 saturated heterocycles. The van der Waals surface area contributed by atoms with E-state index < -0.39 is 0 Å². The highest BCUT2D eigenvalue weighted by molar-refractivity contribution is 6.16. The van der Waals surface area contributed by atoms with Crippen molar-refractivity contribution in [3.05, 3.63) is 157 Å². The van der Waals surface area contributed by atoms with Gasteiger partial charge in [-0.15, -0.1) is 0 Å². The van der Waals surface area contributed by atoms with Gasteiger partial charge in [-0.1, -0.05) is 105 Å². The number of benzene rings is 6. The summed E-state index contributed by atoms with van der Waals surface area (Å²) in [6.07, 6.45) is 0. The third-order valence-electron chi connectivity index (χ3n) is 8.77. The zero-order chi connectivity index (χ0) is 27.6. The molecule has 0 N–H and O–H groups in total. The SMILES string of the molecule is CC1(C)c2ccccc2-c2cc(N(c3ccccc3)c3cccc4c3c3ccccc3n4-c3ccccc3)ccc21. The molecule has 0 saturated carbocycles. The molecule has 0 amide bonds. The van der Waals surface area contributed by atoms with Crippen LogP contribution in [0.15, 0.2) is 146 Å². The lowest BCUT2D eigenvalue weighted by Gasteiger charge is -2.28. The van der Waals surface area contributed by atoms with Crippen LogP contribution in [0.3, 0.4) is 0 Å². The highest BCUT2D eigenvalue weighted by Gasteiger charge is 2.35. The molecule has 6 aromatic carbocycles. The van der Waals surface area contributed by atoms with Crippen LogP contribution in [0, 0.1) is 0 Å². The number of para-hydroxylation sites is 3. The summed E-state index contributed by atoms with van der Waals surface area (Å²) in [7, 11) is 0. The first-order valence-corrected chi connectivity index (χ1v) is 14.3. The standard InChI is InChI=1S/C39H30N2/c1-39(2)33-20-11-9-18-30(33)32-26-29(24-25-34(32)39)40(27-14-5-3-6-15-27)36-22-13-23-37-38(36)31-19-10-12-21-35(31)41(37)28-16-7-4-8-17-28/h3-26H,1-2H3. The van der Waals surface area contributed by atoms with E-state index in [1.807, 2.05) is 0 Å². The number of anilines is 3. The van der Waals surface area contributed by atoms with Crippen molar-refractivity contribution in [1.29, 1.82) is 0 Å². The van der Waals surface area contributed by atoms with Crippen LogP contribution in [0.4, 0.5) is 17.1 Å². The molecule has 0 aliphatic heterocycles. The van der Waals surface area contributed by atoms with E-state index in [9.17, 15) is 0 Å². The van der Waals surface area contributed by atoms with Gasteiger partial charge in [-0.2, -0.15) is 0 Å².